The van der Waals surface area contributed by atoms with E-state index in [1.165, 1.54) is 52.7 Å². The fourth-order valence-electron chi connectivity index (χ4n) is 1.75. The van der Waals surface area contributed by atoms with Gasteiger partial charge in [0.15, 0.2) is 0 Å². The Morgan fingerprint density at radius 2 is 1.44 bits per heavy atom. The Hall–Kier alpha value is -0.560. The quantitative estimate of drug-likeness (QED) is 0.371. The van der Waals surface area contributed by atoms with Crippen LogP contribution in [0.3, 0.4) is 0 Å². The molecule has 0 aliphatic heterocycles. The molecule has 0 heterocycles. The molecule has 1 atom stereocenters. The van der Waals surface area contributed by atoms with Gasteiger partial charge in [-0.15, -0.1) is 0 Å². The highest BCUT2D eigenvalue weighted by molar-refractivity contribution is 5.06. The van der Waals surface area contributed by atoms with Crippen LogP contribution in [-0.2, 0) is 9.47 Å². The largest absolute Gasteiger partial charge is 0.380 e. The van der Waals surface area contributed by atoms with Crippen molar-refractivity contribution in [3.8, 4) is 11.8 Å². The van der Waals surface area contributed by atoms with Crippen molar-refractivity contribution in [2.24, 2.45) is 0 Å². The molecule has 3 nitrogen and oxygen atoms in total. The van der Waals surface area contributed by atoms with Gasteiger partial charge in [-0.25, -0.2) is 0 Å². The summed E-state index contributed by atoms with van der Waals surface area (Å²) in [6.07, 6.45) is 8.39. The van der Waals surface area contributed by atoms with Crippen molar-refractivity contribution in [3.05, 3.63) is 0 Å². The van der Waals surface area contributed by atoms with Gasteiger partial charge in [0, 0.05) is 14.2 Å². The molecule has 3 heteroatoms. The van der Waals surface area contributed by atoms with E-state index in [4.69, 9.17) is 9.47 Å². The number of methoxy groups -OCH3 is 2. The highest BCUT2D eigenvalue weighted by atomic mass is 16.7. The molecule has 0 bridgehead atoms. The Morgan fingerprint density at radius 3 is 2.00 bits per heavy atom. The van der Waals surface area contributed by atoms with Gasteiger partial charge in [-0.2, -0.15) is 0 Å². The first-order valence-electron chi connectivity index (χ1n) is 6.99. The molecule has 18 heavy (non-hydrogen) atoms. The lowest BCUT2D eigenvalue weighted by molar-refractivity contribution is -0.0597. The molecule has 0 rings (SSSR count). The lowest BCUT2D eigenvalue weighted by Crippen LogP contribution is -2.11. The fourth-order valence-corrected chi connectivity index (χ4v) is 1.75. The first kappa shape index (κ1) is 17.4. The third kappa shape index (κ3) is 10.6. The van der Waals surface area contributed by atoms with E-state index in [9.17, 15) is 5.11 Å². The normalized spacial score (nSPS) is 12.3. The zero-order valence-electron chi connectivity index (χ0n) is 12.1. The number of rotatable bonds is 10. The van der Waals surface area contributed by atoms with Crippen molar-refractivity contribution >= 4 is 0 Å². The van der Waals surface area contributed by atoms with Gasteiger partial charge in [-0.1, -0.05) is 51.4 Å². The summed E-state index contributed by atoms with van der Waals surface area (Å²) in [4.78, 5) is 0. The first-order chi connectivity index (χ1) is 8.74. The van der Waals surface area contributed by atoms with Crippen LogP contribution in [0.5, 0.6) is 0 Å². The SMILES string of the molecule is CCCCCCCCCC(O)C#CC(OC)OC. The fraction of sp³-hybridized carbons (Fsp3) is 0.867. The summed E-state index contributed by atoms with van der Waals surface area (Å²) in [6.45, 7) is 2.22. The second-order valence-electron chi connectivity index (χ2n) is 4.52. The van der Waals surface area contributed by atoms with Crippen LogP contribution >= 0.6 is 0 Å². The van der Waals surface area contributed by atoms with Crippen LogP contribution in [0.1, 0.15) is 58.3 Å². The molecule has 0 aromatic carbocycles. The lowest BCUT2D eigenvalue weighted by atomic mass is 10.1. The predicted octanol–water partition coefficient (Wildman–Crippen LogP) is 3.11. The van der Waals surface area contributed by atoms with Gasteiger partial charge in [-0.3, -0.25) is 0 Å². The minimum Gasteiger partial charge on any atom is -0.380 e. The van der Waals surface area contributed by atoms with E-state index in [2.05, 4.69) is 18.8 Å². The van der Waals surface area contributed by atoms with Gasteiger partial charge >= 0.3 is 0 Å². The monoisotopic (exact) mass is 256 g/mol. The summed E-state index contributed by atoms with van der Waals surface area (Å²) < 4.78 is 9.85. The molecule has 0 aliphatic carbocycles. The highest BCUT2D eigenvalue weighted by Crippen LogP contribution is 2.09. The predicted molar refractivity (Wildman–Crippen MR) is 74.2 cm³/mol. The smallest absolute Gasteiger partial charge is 0.221 e. The maximum absolute atomic E-state index is 9.65. The molecule has 1 N–H and O–H groups in total. The van der Waals surface area contributed by atoms with E-state index >= 15 is 0 Å². The topological polar surface area (TPSA) is 38.7 Å². The summed E-state index contributed by atoms with van der Waals surface area (Å²) in [5.74, 6) is 5.49. The van der Waals surface area contributed by atoms with Crippen LogP contribution < -0.4 is 0 Å². The molecule has 0 saturated carbocycles. The highest BCUT2D eigenvalue weighted by Gasteiger charge is 2.01. The van der Waals surface area contributed by atoms with Gasteiger partial charge in [0.25, 0.3) is 0 Å². The van der Waals surface area contributed by atoms with Crippen LogP contribution in [0, 0.1) is 11.8 Å². The number of aliphatic hydroxyl groups excluding tert-OH is 1. The molecule has 0 aliphatic rings. The number of ether oxygens (including phenoxy) is 2. The van der Waals surface area contributed by atoms with Gasteiger partial charge in [0.05, 0.1) is 0 Å². The Labute approximate surface area is 112 Å². The summed E-state index contributed by atoms with van der Waals surface area (Å²) in [6, 6.07) is 0. The molecule has 106 valence electrons. The van der Waals surface area contributed by atoms with E-state index in [1.807, 2.05) is 0 Å². The molecule has 0 aromatic heterocycles. The van der Waals surface area contributed by atoms with Gasteiger partial charge in [-0.05, 0) is 18.8 Å². The van der Waals surface area contributed by atoms with Crippen molar-refractivity contribution in [3.63, 3.8) is 0 Å². The van der Waals surface area contributed by atoms with Crippen molar-refractivity contribution in [2.75, 3.05) is 14.2 Å². The van der Waals surface area contributed by atoms with Crippen molar-refractivity contribution in [1.29, 1.82) is 0 Å². The van der Waals surface area contributed by atoms with E-state index in [1.54, 1.807) is 0 Å². The van der Waals surface area contributed by atoms with E-state index < -0.39 is 12.4 Å². The van der Waals surface area contributed by atoms with Gasteiger partial charge in [0.2, 0.25) is 6.29 Å². The minimum atomic E-state index is -0.562. The van der Waals surface area contributed by atoms with Gasteiger partial charge in [0.1, 0.15) is 6.10 Å². The molecule has 0 spiro atoms. The molecular weight excluding hydrogens is 228 g/mol. The van der Waals surface area contributed by atoms with Crippen LogP contribution in [0.15, 0.2) is 0 Å². The van der Waals surface area contributed by atoms with Crippen LogP contribution in [-0.4, -0.2) is 31.7 Å². The number of hydrogen-bond acceptors (Lipinski definition) is 3. The molecule has 0 amide bonds. The van der Waals surface area contributed by atoms with Crippen molar-refractivity contribution < 1.29 is 14.6 Å². The summed E-state index contributed by atoms with van der Waals surface area (Å²) >= 11 is 0. The van der Waals surface area contributed by atoms with E-state index in [0.29, 0.717) is 0 Å². The number of hydrogen-bond donors (Lipinski definition) is 1. The van der Waals surface area contributed by atoms with Crippen LogP contribution in [0.25, 0.3) is 0 Å². The zero-order chi connectivity index (χ0) is 13.6. The van der Waals surface area contributed by atoms with Crippen molar-refractivity contribution in [1.82, 2.24) is 0 Å². The number of unbranched alkanes of at least 4 members (excludes halogenated alkanes) is 6. The summed E-state index contributed by atoms with van der Waals surface area (Å²) in [5.41, 5.74) is 0. The third-order valence-corrected chi connectivity index (χ3v) is 2.88. The number of aliphatic hydroxyl groups is 1. The van der Waals surface area contributed by atoms with Crippen LogP contribution in [0.2, 0.25) is 0 Å². The Kier molecular flexibility index (Phi) is 12.5. The second-order valence-corrected chi connectivity index (χ2v) is 4.52. The molecule has 0 fully saturated rings. The molecule has 0 saturated heterocycles. The summed E-state index contributed by atoms with van der Waals surface area (Å²) in [5, 5.41) is 9.65. The first-order valence-corrected chi connectivity index (χ1v) is 6.99. The Bertz CT molecular complexity index is 226. The Balaban J connectivity index is 3.49. The van der Waals surface area contributed by atoms with Crippen molar-refractivity contribution in [2.45, 2.75) is 70.7 Å². The van der Waals surface area contributed by atoms with Gasteiger partial charge < -0.3 is 14.6 Å². The maximum atomic E-state index is 9.65. The minimum absolute atomic E-state index is 0.534. The molecule has 0 aromatic rings. The average Bonchev–Trinajstić information content (AvgIpc) is 2.39. The lowest BCUT2D eigenvalue weighted by Gasteiger charge is -2.06. The molecule has 1 unspecified atom stereocenters. The average molecular weight is 256 g/mol. The third-order valence-electron chi connectivity index (χ3n) is 2.88. The second kappa shape index (κ2) is 12.9. The molecule has 0 radical (unpaired) electrons. The standard InChI is InChI=1S/C15H28O3/c1-4-5-6-7-8-9-10-11-14(16)12-13-15(17-2)18-3/h14-16H,4-11H2,1-3H3. The van der Waals surface area contributed by atoms with Crippen LogP contribution in [0.4, 0.5) is 0 Å². The van der Waals surface area contributed by atoms with E-state index in [0.717, 1.165) is 12.8 Å². The summed E-state index contributed by atoms with van der Waals surface area (Å²) in [7, 11) is 3.07. The van der Waals surface area contributed by atoms with E-state index in [-0.39, 0.29) is 0 Å². The maximum Gasteiger partial charge on any atom is 0.221 e. The Morgan fingerprint density at radius 1 is 0.889 bits per heavy atom. The molecular formula is C15H28O3. The zero-order valence-corrected chi connectivity index (χ0v) is 12.1.